The maximum absolute atomic E-state index is 12.3. The van der Waals surface area contributed by atoms with Crippen molar-refractivity contribution >= 4 is 34.1 Å². The van der Waals surface area contributed by atoms with E-state index in [0.717, 1.165) is 33.4 Å². The van der Waals surface area contributed by atoms with Crippen molar-refractivity contribution in [3.63, 3.8) is 0 Å². The Kier molecular flexibility index (Phi) is 4.30. The molecule has 1 aromatic heterocycles. The summed E-state index contributed by atoms with van der Waals surface area (Å²) in [5.74, 6) is -0.0596. The van der Waals surface area contributed by atoms with E-state index in [2.05, 4.69) is 10.3 Å². The number of benzene rings is 2. The molecule has 116 valence electrons. The van der Waals surface area contributed by atoms with Crippen molar-refractivity contribution in [2.45, 2.75) is 20.3 Å². The molecule has 0 saturated heterocycles. The van der Waals surface area contributed by atoms with Crippen LogP contribution in [0.5, 0.6) is 0 Å². The number of para-hydroxylation sites is 1. The van der Waals surface area contributed by atoms with Crippen LogP contribution in [0, 0.1) is 13.8 Å². The van der Waals surface area contributed by atoms with Crippen LogP contribution in [0.3, 0.4) is 0 Å². The molecule has 3 nitrogen and oxygen atoms in total. The third-order valence-corrected chi connectivity index (χ3v) is 4.20. The van der Waals surface area contributed by atoms with Gasteiger partial charge in [0, 0.05) is 21.8 Å². The number of nitrogens with one attached hydrogen (secondary N) is 1. The second-order valence-corrected chi connectivity index (χ2v) is 5.99. The summed E-state index contributed by atoms with van der Waals surface area (Å²) in [5, 5.41) is 4.63. The zero-order valence-electron chi connectivity index (χ0n) is 13.1. The second kappa shape index (κ2) is 6.39. The maximum atomic E-state index is 12.3. The lowest BCUT2D eigenvalue weighted by atomic mass is 9.99. The number of aromatic nitrogens is 1. The Morgan fingerprint density at radius 3 is 2.52 bits per heavy atom. The molecule has 1 amide bonds. The number of pyridine rings is 1. The van der Waals surface area contributed by atoms with E-state index < -0.39 is 0 Å². The summed E-state index contributed by atoms with van der Waals surface area (Å²) in [5.41, 5.74) is 4.69. The van der Waals surface area contributed by atoms with Gasteiger partial charge in [-0.25, -0.2) is 0 Å². The lowest BCUT2D eigenvalue weighted by Crippen LogP contribution is -2.16. The van der Waals surface area contributed by atoms with Gasteiger partial charge in [-0.05, 0) is 55.3 Å². The number of amides is 1. The first-order chi connectivity index (χ1) is 11.0. The molecule has 0 saturated carbocycles. The number of aryl methyl sites for hydroxylation is 2. The molecule has 0 aliphatic rings. The van der Waals surface area contributed by atoms with Gasteiger partial charge >= 0.3 is 0 Å². The summed E-state index contributed by atoms with van der Waals surface area (Å²) in [6.07, 6.45) is 0.304. The smallest absolute Gasteiger partial charge is 0.228 e. The summed E-state index contributed by atoms with van der Waals surface area (Å²) in [4.78, 5) is 16.9. The normalized spacial score (nSPS) is 10.7. The van der Waals surface area contributed by atoms with E-state index in [-0.39, 0.29) is 5.91 Å². The van der Waals surface area contributed by atoms with Crippen LogP contribution in [0.15, 0.2) is 48.5 Å². The minimum absolute atomic E-state index is 0.0596. The average molecular weight is 325 g/mol. The average Bonchev–Trinajstić information content (AvgIpc) is 2.54. The monoisotopic (exact) mass is 324 g/mol. The highest BCUT2D eigenvalue weighted by molar-refractivity contribution is 6.30. The van der Waals surface area contributed by atoms with E-state index >= 15 is 0 Å². The number of anilines is 1. The molecule has 3 aromatic rings. The fraction of sp³-hybridized carbons (Fsp3) is 0.158. The highest BCUT2D eigenvalue weighted by Crippen LogP contribution is 2.23. The van der Waals surface area contributed by atoms with Crippen molar-refractivity contribution < 1.29 is 4.79 Å². The minimum Gasteiger partial charge on any atom is -0.326 e. The molecule has 1 N–H and O–H groups in total. The number of halogens is 1. The maximum Gasteiger partial charge on any atom is 0.228 e. The van der Waals surface area contributed by atoms with Crippen molar-refractivity contribution in [1.29, 1.82) is 0 Å². The molecule has 3 rings (SSSR count). The van der Waals surface area contributed by atoms with E-state index in [1.807, 2.05) is 38.1 Å². The van der Waals surface area contributed by atoms with Gasteiger partial charge in [0.1, 0.15) is 0 Å². The molecule has 0 atom stereocenters. The third-order valence-electron chi connectivity index (χ3n) is 3.95. The molecule has 0 radical (unpaired) electrons. The predicted molar refractivity (Wildman–Crippen MR) is 95.0 cm³/mol. The number of fused-ring (bicyclic) bond motifs is 1. The highest BCUT2D eigenvalue weighted by atomic mass is 35.5. The Bertz CT molecular complexity index is 872. The van der Waals surface area contributed by atoms with Crippen LogP contribution in [0.1, 0.15) is 16.8 Å². The SMILES string of the molecule is Cc1nc2ccccc2c(C)c1CC(=O)Nc1ccc(Cl)cc1. The van der Waals surface area contributed by atoms with Crippen molar-refractivity contribution in [1.82, 2.24) is 4.98 Å². The van der Waals surface area contributed by atoms with Crippen LogP contribution in [-0.2, 0) is 11.2 Å². The van der Waals surface area contributed by atoms with Gasteiger partial charge in [0.2, 0.25) is 5.91 Å². The van der Waals surface area contributed by atoms with Gasteiger partial charge in [0.05, 0.1) is 11.9 Å². The van der Waals surface area contributed by atoms with Gasteiger partial charge in [-0.15, -0.1) is 0 Å². The van der Waals surface area contributed by atoms with Crippen LogP contribution in [-0.4, -0.2) is 10.9 Å². The number of hydrogen-bond acceptors (Lipinski definition) is 2. The number of carbonyl (C=O) groups excluding carboxylic acids is 1. The Hall–Kier alpha value is -2.39. The van der Waals surface area contributed by atoms with E-state index in [1.165, 1.54) is 0 Å². The van der Waals surface area contributed by atoms with Crippen LogP contribution in [0.2, 0.25) is 5.02 Å². The zero-order chi connectivity index (χ0) is 16.4. The first-order valence-electron chi connectivity index (χ1n) is 7.45. The first kappa shape index (κ1) is 15.5. The summed E-state index contributed by atoms with van der Waals surface area (Å²) >= 11 is 5.85. The van der Waals surface area contributed by atoms with Gasteiger partial charge in [-0.1, -0.05) is 29.8 Å². The van der Waals surface area contributed by atoms with Gasteiger partial charge in [-0.3, -0.25) is 9.78 Å². The van der Waals surface area contributed by atoms with Gasteiger partial charge in [0.25, 0.3) is 0 Å². The summed E-state index contributed by atoms with van der Waals surface area (Å²) < 4.78 is 0. The molecule has 2 aromatic carbocycles. The lowest BCUT2D eigenvalue weighted by Gasteiger charge is -2.12. The summed E-state index contributed by atoms with van der Waals surface area (Å²) in [7, 11) is 0. The van der Waals surface area contributed by atoms with Gasteiger partial charge in [0.15, 0.2) is 0 Å². The fourth-order valence-corrected chi connectivity index (χ4v) is 2.86. The lowest BCUT2D eigenvalue weighted by molar-refractivity contribution is -0.115. The zero-order valence-corrected chi connectivity index (χ0v) is 13.8. The van der Waals surface area contributed by atoms with Crippen molar-refractivity contribution in [3.05, 3.63) is 70.4 Å². The molecular formula is C19H17ClN2O. The summed E-state index contributed by atoms with van der Waals surface area (Å²) in [6.45, 7) is 3.99. The molecule has 4 heteroatoms. The Balaban J connectivity index is 1.86. The van der Waals surface area contributed by atoms with Crippen LogP contribution >= 0.6 is 11.6 Å². The number of nitrogens with zero attached hydrogens (tertiary/aromatic N) is 1. The molecule has 0 fully saturated rings. The molecule has 0 aliphatic heterocycles. The van der Waals surface area contributed by atoms with Gasteiger partial charge in [-0.2, -0.15) is 0 Å². The van der Waals surface area contributed by atoms with Crippen molar-refractivity contribution in [3.8, 4) is 0 Å². The number of carbonyl (C=O) groups is 1. The Morgan fingerprint density at radius 2 is 1.78 bits per heavy atom. The molecule has 0 bridgehead atoms. The standard InChI is InChI=1S/C19H17ClN2O/c1-12-16-5-3-4-6-18(16)21-13(2)17(12)11-19(23)22-15-9-7-14(20)8-10-15/h3-10H,11H2,1-2H3,(H,22,23). The summed E-state index contributed by atoms with van der Waals surface area (Å²) in [6, 6.07) is 15.1. The molecule has 23 heavy (non-hydrogen) atoms. The third kappa shape index (κ3) is 3.35. The van der Waals surface area contributed by atoms with E-state index in [1.54, 1.807) is 24.3 Å². The van der Waals surface area contributed by atoms with Crippen LogP contribution < -0.4 is 5.32 Å². The van der Waals surface area contributed by atoms with Crippen molar-refractivity contribution in [2.75, 3.05) is 5.32 Å². The topological polar surface area (TPSA) is 42.0 Å². The van der Waals surface area contributed by atoms with Gasteiger partial charge < -0.3 is 5.32 Å². The molecule has 0 aliphatic carbocycles. The molecular weight excluding hydrogens is 308 g/mol. The quantitative estimate of drug-likeness (QED) is 0.759. The molecule has 1 heterocycles. The first-order valence-corrected chi connectivity index (χ1v) is 7.82. The Labute approximate surface area is 140 Å². The van der Waals surface area contributed by atoms with E-state index in [4.69, 9.17) is 11.6 Å². The van der Waals surface area contributed by atoms with E-state index in [9.17, 15) is 4.79 Å². The number of rotatable bonds is 3. The number of hydrogen-bond donors (Lipinski definition) is 1. The van der Waals surface area contributed by atoms with Crippen molar-refractivity contribution in [2.24, 2.45) is 0 Å². The molecule has 0 spiro atoms. The largest absolute Gasteiger partial charge is 0.326 e. The second-order valence-electron chi connectivity index (χ2n) is 5.55. The predicted octanol–water partition coefficient (Wildman–Crippen LogP) is 4.69. The minimum atomic E-state index is -0.0596. The van der Waals surface area contributed by atoms with Crippen LogP contribution in [0.25, 0.3) is 10.9 Å². The fourth-order valence-electron chi connectivity index (χ4n) is 2.73. The highest BCUT2D eigenvalue weighted by Gasteiger charge is 2.13. The van der Waals surface area contributed by atoms with Crippen LogP contribution in [0.4, 0.5) is 5.69 Å². The Morgan fingerprint density at radius 1 is 1.09 bits per heavy atom. The van der Waals surface area contributed by atoms with E-state index in [0.29, 0.717) is 11.4 Å². The molecule has 0 unspecified atom stereocenters.